The summed E-state index contributed by atoms with van der Waals surface area (Å²) in [6.45, 7) is 0.535. The van der Waals surface area contributed by atoms with Gasteiger partial charge < -0.3 is 15.2 Å². The molecule has 1 fully saturated rings. The third-order valence-electron chi connectivity index (χ3n) is 2.63. The molecule has 1 aromatic rings. The molecule has 1 saturated heterocycles. The quantitative estimate of drug-likeness (QED) is 0.781. The summed E-state index contributed by atoms with van der Waals surface area (Å²) in [6, 6.07) is 9.61. The minimum absolute atomic E-state index is 0.327. The van der Waals surface area contributed by atoms with Crippen LogP contribution in [-0.2, 0) is 8.98 Å². The van der Waals surface area contributed by atoms with Crippen molar-refractivity contribution in [3.8, 4) is 0 Å². The van der Waals surface area contributed by atoms with Gasteiger partial charge in [0.05, 0.1) is 12.4 Å². The summed E-state index contributed by atoms with van der Waals surface area (Å²) in [5.74, 6) is 0.212. The number of anilines is 1. The van der Waals surface area contributed by atoms with Crippen LogP contribution in [0.15, 0.2) is 30.3 Å². The summed E-state index contributed by atoms with van der Waals surface area (Å²) in [5, 5.41) is 3.22. The van der Waals surface area contributed by atoms with E-state index in [-0.39, 0.29) is 5.91 Å². The lowest BCUT2D eigenvalue weighted by atomic mass is 9.96. The van der Waals surface area contributed by atoms with Crippen LogP contribution in [0.25, 0.3) is 0 Å². The fourth-order valence-corrected chi connectivity index (χ4v) is 2.49. The van der Waals surface area contributed by atoms with Crippen LogP contribution in [0, 0.1) is 0 Å². The first-order valence-corrected chi connectivity index (χ1v) is 6.02. The van der Waals surface area contributed by atoms with Gasteiger partial charge in [-0.25, -0.2) is 0 Å². The normalized spacial score (nSPS) is 25.0. The average molecular weight is 238 g/mol. The first-order valence-electron chi connectivity index (χ1n) is 5.10. The van der Waals surface area contributed by atoms with Crippen LogP contribution in [0.5, 0.6) is 0 Å². The summed E-state index contributed by atoms with van der Waals surface area (Å²) >= 11 is 1.29. The van der Waals surface area contributed by atoms with Crippen LogP contribution in [0.4, 0.5) is 5.69 Å². The second-order valence-electron chi connectivity index (χ2n) is 3.77. The summed E-state index contributed by atoms with van der Waals surface area (Å²) in [7, 11) is 0. The van der Waals surface area contributed by atoms with Gasteiger partial charge in [0.2, 0.25) is 5.91 Å². The number of nitrogens with two attached hydrogens (primary N) is 1. The Hall–Kier alpha value is -1.20. The Balaban J connectivity index is 2.17. The van der Waals surface area contributed by atoms with Crippen molar-refractivity contribution in [3.63, 3.8) is 0 Å². The highest BCUT2D eigenvalue weighted by Gasteiger charge is 2.39. The van der Waals surface area contributed by atoms with Crippen molar-refractivity contribution in [2.45, 2.75) is 12.0 Å². The molecule has 4 nitrogen and oxygen atoms in total. The zero-order chi connectivity index (χ0) is 11.4. The van der Waals surface area contributed by atoms with Gasteiger partial charge in [0, 0.05) is 12.1 Å². The maximum absolute atomic E-state index is 11.6. The first-order chi connectivity index (χ1) is 7.73. The van der Waals surface area contributed by atoms with Crippen molar-refractivity contribution < 1.29 is 8.98 Å². The highest BCUT2D eigenvalue weighted by atomic mass is 32.2. The number of hydrogen-bond donors (Lipinski definition) is 2. The molecule has 3 N–H and O–H groups in total. The fourth-order valence-electron chi connectivity index (χ4n) is 1.64. The minimum atomic E-state index is -0.690. The number of hydrogen-bond acceptors (Lipinski definition) is 4. The molecule has 1 aliphatic rings. The lowest BCUT2D eigenvalue weighted by molar-refractivity contribution is -0.122. The van der Waals surface area contributed by atoms with Crippen LogP contribution in [0.1, 0.15) is 6.42 Å². The molecule has 1 heterocycles. The van der Waals surface area contributed by atoms with E-state index in [2.05, 4.69) is 5.32 Å². The lowest BCUT2D eigenvalue weighted by Crippen LogP contribution is -2.54. The number of primary amides is 1. The third-order valence-corrected chi connectivity index (χ3v) is 3.57. The van der Waals surface area contributed by atoms with Gasteiger partial charge in [-0.15, -0.1) is 0 Å². The highest BCUT2D eigenvalue weighted by molar-refractivity contribution is 7.94. The smallest absolute Gasteiger partial charge is 0.244 e. The Kier molecular flexibility index (Phi) is 3.36. The maximum atomic E-state index is 11.6. The summed E-state index contributed by atoms with van der Waals surface area (Å²) in [4.78, 5) is 11.6. The molecular weight excluding hydrogens is 224 g/mol. The Morgan fingerprint density at radius 3 is 2.75 bits per heavy atom. The van der Waals surface area contributed by atoms with E-state index in [9.17, 15) is 4.79 Å². The van der Waals surface area contributed by atoms with Crippen molar-refractivity contribution in [1.29, 1.82) is 0 Å². The molecule has 0 bridgehead atoms. The van der Waals surface area contributed by atoms with Gasteiger partial charge in [-0.1, -0.05) is 18.2 Å². The average Bonchev–Trinajstić information content (AvgIpc) is 2.31. The minimum Gasteiger partial charge on any atom is -0.370 e. The molecule has 86 valence electrons. The van der Waals surface area contributed by atoms with Crippen molar-refractivity contribution >= 4 is 23.6 Å². The lowest BCUT2D eigenvalue weighted by Gasteiger charge is -2.34. The van der Waals surface area contributed by atoms with Gasteiger partial charge in [-0.2, -0.15) is 0 Å². The second-order valence-corrected chi connectivity index (χ2v) is 4.53. The topological polar surface area (TPSA) is 64.4 Å². The number of carbonyl (C=O) groups is 1. The van der Waals surface area contributed by atoms with Crippen LogP contribution >= 0.6 is 12.0 Å². The van der Waals surface area contributed by atoms with Crippen molar-refractivity contribution in [3.05, 3.63) is 30.3 Å². The van der Waals surface area contributed by atoms with Gasteiger partial charge in [0.1, 0.15) is 5.54 Å². The molecule has 0 spiro atoms. The number of nitrogens with one attached hydrogen (secondary N) is 1. The molecule has 16 heavy (non-hydrogen) atoms. The molecule has 1 aliphatic heterocycles. The Bertz CT molecular complexity index is 364. The predicted octanol–water partition coefficient (Wildman–Crippen LogP) is 1.39. The van der Waals surface area contributed by atoms with Crippen LogP contribution in [-0.4, -0.2) is 23.8 Å². The Morgan fingerprint density at radius 1 is 1.44 bits per heavy atom. The predicted molar refractivity (Wildman–Crippen MR) is 65.0 cm³/mol. The van der Waals surface area contributed by atoms with E-state index < -0.39 is 5.54 Å². The largest absolute Gasteiger partial charge is 0.370 e. The van der Waals surface area contributed by atoms with Gasteiger partial charge in [0.25, 0.3) is 0 Å². The zero-order valence-corrected chi connectivity index (χ0v) is 9.63. The van der Waals surface area contributed by atoms with E-state index in [0.717, 1.165) is 5.69 Å². The van der Waals surface area contributed by atoms with E-state index in [1.54, 1.807) is 0 Å². The molecular formula is C11H14N2O2S. The van der Waals surface area contributed by atoms with E-state index in [0.29, 0.717) is 18.8 Å². The van der Waals surface area contributed by atoms with E-state index >= 15 is 0 Å². The van der Waals surface area contributed by atoms with Crippen LogP contribution in [0.2, 0.25) is 0 Å². The number of carbonyl (C=O) groups excluding carboxylic acids is 1. The van der Waals surface area contributed by atoms with Crippen molar-refractivity contribution in [1.82, 2.24) is 0 Å². The first kappa shape index (κ1) is 11.3. The molecule has 5 heteroatoms. The molecule has 0 saturated carbocycles. The molecule has 1 atom stereocenters. The van der Waals surface area contributed by atoms with E-state index in [1.165, 1.54) is 12.0 Å². The number of para-hydroxylation sites is 1. The van der Waals surface area contributed by atoms with Crippen LogP contribution < -0.4 is 11.1 Å². The van der Waals surface area contributed by atoms with Gasteiger partial charge in [-0.3, -0.25) is 4.79 Å². The Labute approximate surface area is 98.7 Å². The van der Waals surface area contributed by atoms with Gasteiger partial charge in [-0.05, 0) is 24.2 Å². The monoisotopic (exact) mass is 238 g/mol. The highest BCUT2D eigenvalue weighted by Crippen LogP contribution is 2.28. The van der Waals surface area contributed by atoms with Gasteiger partial charge in [0.15, 0.2) is 0 Å². The molecule has 1 aromatic carbocycles. The van der Waals surface area contributed by atoms with E-state index in [4.69, 9.17) is 9.92 Å². The second kappa shape index (κ2) is 4.76. The van der Waals surface area contributed by atoms with Crippen molar-refractivity contribution in [2.24, 2.45) is 5.73 Å². The molecule has 1 amide bonds. The van der Waals surface area contributed by atoms with E-state index in [1.807, 2.05) is 30.3 Å². The zero-order valence-electron chi connectivity index (χ0n) is 8.81. The standard InChI is InChI=1S/C11H14N2O2S/c12-10(14)11(6-7-15-16-8-11)13-9-4-2-1-3-5-9/h1-5,13H,6-8H2,(H2,12,14). The Morgan fingerprint density at radius 2 is 2.19 bits per heavy atom. The molecule has 0 aliphatic carbocycles. The fraction of sp³-hybridized carbons (Fsp3) is 0.364. The summed E-state index contributed by atoms with van der Waals surface area (Å²) in [6.07, 6.45) is 0.601. The molecule has 2 rings (SSSR count). The summed E-state index contributed by atoms with van der Waals surface area (Å²) in [5.41, 5.74) is 5.70. The SMILES string of the molecule is NC(=O)C1(Nc2ccccc2)CCOSC1. The van der Waals surface area contributed by atoms with Crippen LogP contribution in [0.3, 0.4) is 0 Å². The molecule has 1 unspecified atom stereocenters. The molecule has 0 aromatic heterocycles. The number of benzene rings is 1. The number of amides is 1. The maximum Gasteiger partial charge on any atom is 0.244 e. The van der Waals surface area contributed by atoms with Gasteiger partial charge >= 0.3 is 0 Å². The van der Waals surface area contributed by atoms with Crippen molar-refractivity contribution in [2.75, 3.05) is 17.7 Å². The molecule has 0 radical (unpaired) electrons. The summed E-state index contributed by atoms with van der Waals surface area (Å²) < 4.78 is 5.18. The number of rotatable bonds is 3. The third kappa shape index (κ3) is 2.31.